The number of hydrazine groups is 1. The molecule has 0 radical (unpaired) electrons. The first-order chi connectivity index (χ1) is 8.54. The lowest BCUT2D eigenvalue weighted by molar-refractivity contribution is 0.0954. The van der Waals surface area contributed by atoms with Crippen molar-refractivity contribution in [2.75, 3.05) is 0 Å². The fraction of sp³-hybridized carbons (Fsp3) is 0.267. The second-order valence-corrected chi connectivity index (χ2v) is 4.87. The number of nitrogens with two attached hydrogens (primary N) is 1. The van der Waals surface area contributed by atoms with Gasteiger partial charge in [-0.05, 0) is 41.2 Å². The first-order valence-corrected chi connectivity index (χ1v) is 6.08. The lowest BCUT2D eigenvalue weighted by Gasteiger charge is -2.04. The molecule has 2 aliphatic carbocycles. The van der Waals surface area contributed by atoms with Crippen LogP contribution in [0.1, 0.15) is 41.3 Å². The molecule has 94 valence electrons. The number of nitrogen functional groups attached to an aromatic ring is 1. The van der Waals surface area contributed by atoms with Crippen LogP contribution in [0.15, 0.2) is 30.3 Å². The van der Waals surface area contributed by atoms with Crippen molar-refractivity contribution in [3.05, 3.63) is 47.0 Å². The Bertz CT molecular complexity index is 561. The van der Waals surface area contributed by atoms with Crippen LogP contribution in [0.3, 0.4) is 0 Å². The molecular formula is C15H18N2O. The molecule has 0 aromatic carbocycles. The Morgan fingerprint density at radius 2 is 1.94 bits per heavy atom. The van der Waals surface area contributed by atoms with Crippen LogP contribution in [0.5, 0.6) is 0 Å². The first kappa shape index (κ1) is 12.6. The lowest BCUT2D eigenvalue weighted by atomic mass is 10.0. The van der Waals surface area contributed by atoms with Crippen molar-refractivity contribution in [2.45, 2.75) is 26.7 Å². The van der Waals surface area contributed by atoms with Gasteiger partial charge in [0.1, 0.15) is 0 Å². The second-order valence-electron chi connectivity index (χ2n) is 4.87. The van der Waals surface area contributed by atoms with Crippen molar-refractivity contribution in [1.82, 2.24) is 5.43 Å². The summed E-state index contributed by atoms with van der Waals surface area (Å²) in [7, 11) is 0. The molecule has 3 N–H and O–H groups in total. The van der Waals surface area contributed by atoms with E-state index in [2.05, 4.69) is 31.4 Å². The SMILES string of the molecule is Cc1cc(C(=O)NN)c2cc(C(C)C)cccc1-2. The minimum Gasteiger partial charge on any atom is -0.290 e. The summed E-state index contributed by atoms with van der Waals surface area (Å²) in [5, 5.41) is 0. The van der Waals surface area contributed by atoms with Gasteiger partial charge in [-0.15, -0.1) is 0 Å². The Labute approximate surface area is 107 Å². The highest BCUT2D eigenvalue weighted by molar-refractivity contribution is 6.03. The van der Waals surface area contributed by atoms with Crippen molar-refractivity contribution in [1.29, 1.82) is 0 Å². The minimum absolute atomic E-state index is 0.242. The Hall–Kier alpha value is -1.87. The Balaban J connectivity index is 2.68. The smallest absolute Gasteiger partial charge is 0.265 e. The monoisotopic (exact) mass is 242 g/mol. The molecule has 0 heterocycles. The number of carbonyl (C=O) groups is 1. The normalized spacial score (nSPS) is 10.9. The van der Waals surface area contributed by atoms with Crippen LogP contribution in [0.4, 0.5) is 0 Å². The lowest BCUT2D eigenvalue weighted by Crippen LogP contribution is -2.29. The van der Waals surface area contributed by atoms with Crippen molar-refractivity contribution in [3.8, 4) is 11.1 Å². The Morgan fingerprint density at radius 3 is 2.56 bits per heavy atom. The molecular weight excluding hydrogens is 224 g/mol. The highest BCUT2D eigenvalue weighted by atomic mass is 16.2. The highest BCUT2D eigenvalue weighted by Crippen LogP contribution is 2.33. The van der Waals surface area contributed by atoms with E-state index < -0.39 is 0 Å². The number of carbonyl (C=O) groups excluding carboxylic acids is 1. The number of amides is 1. The topological polar surface area (TPSA) is 55.1 Å². The Kier molecular flexibility index (Phi) is 3.34. The zero-order chi connectivity index (χ0) is 13.3. The Morgan fingerprint density at radius 1 is 1.22 bits per heavy atom. The van der Waals surface area contributed by atoms with Crippen LogP contribution in [-0.2, 0) is 0 Å². The number of hydrogen-bond donors (Lipinski definition) is 2. The first-order valence-electron chi connectivity index (χ1n) is 6.08. The van der Waals surface area contributed by atoms with Gasteiger partial charge in [0.05, 0.1) is 0 Å². The van der Waals surface area contributed by atoms with E-state index in [0.29, 0.717) is 11.5 Å². The van der Waals surface area contributed by atoms with E-state index >= 15 is 0 Å². The van der Waals surface area contributed by atoms with Gasteiger partial charge in [-0.25, -0.2) is 5.84 Å². The maximum atomic E-state index is 11.8. The van der Waals surface area contributed by atoms with E-state index in [-0.39, 0.29) is 5.91 Å². The molecule has 2 aliphatic rings. The van der Waals surface area contributed by atoms with Crippen molar-refractivity contribution in [2.24, 2.45) is 5.84 Å². The van der Waals surface area contributed by atoms with Gasteiger partial charge in [-0.2, -0.15) is 0 Å². The van der Waals surface area contributed by atoms with Crippen molar-refractivity contribution >= 4 is 5.91 Å². The molecule has 0 atom stereocenters. The zero-order valence-electron chi connectivity index (χ0n) is 10.9. The number of hydrogen-bond acceptors (Lipinski definition) is 2. The maximum absolute atomic E-state index is 11.8. The molecule has 0 fully saturated rings. The molecule has 3 nitrogen and oxygen atoms in total. The van der Waals surface area contributed by atoms with E-state index in [0.717, 1.165) is 16.7 Å². The fourth-order valence-corrected chi connectivity index (χ4v) is 2.20. The molecule has 0 spiro atoms. The summed E-state index contributed by atoms with van der Waals surface area (Å²) >= 11 is 0. The van der Waals surface area contributed by atoms with Crippen LogP contribution in [0, 0.1) is 6.92 Å². The summed E-state index contributed by atoms with van der Waals surface area (Å²) in [4.78, 5) is 11.8. The van der Waals surface area contributed by atoms with Crippen molar-refractivity contribution < 1.29 is 4.79 Å². The largest absolute Gasteiger partial charge is 0.290 e. The van der Waals surface area contributed by atoms with E-state index in [1.807, 2.05) is 25.1 Å². The summed E-state index contributed by atoms with van der Waals surface area (Å²) in [6.45, 7) is 6.28. The van der Waals surface area contributed by atoms with E-state index in [1.54, 1.807) is 0 Å². The highest BCUT2D eigenvalue weighted by Gasteiger charge is 2.18. The molecule has 0 bridgehead atoms. The predicted molar refractivity (Wildman–Crippen MR) is 73.5 cm³/mol. The molecule has 0 saturated heterocycles. The van der Waals surface area contributed by atoms with Gasteiger partial charge in [-0.1, -0.05) is 38.1 Å². The van der Waals surface area contributed by atoms with Gasteiger partial charge in [0, 0.05) is 5.56 Å². The molecule has 0 unspecified atom stereocenters. The number of nitrogens with one attached hydrogen (secondary N) is 1. The summed E-state index contributed by atoms with van der Waals surface area (Å²) in [5.74, 6) is 5.41. The van der Waals surface area contributed by atoms with Gasteiger partial charge in [0.15, 0.2) is 0 Å². The number of rotatable bonds is 2. The zero-order valence-corrected chi connectivity index (χ0v) is 10.9. The van der Waals surface area contributed by atoms with Gasteiger partial charge < -0.3 is 0 Å². The maximum Gasteiger partial charge on any atom is 0.265 e. The van der Waals surface area contributed by atoms with E-state index in [1.165, 1.54) is 5.56 Å². The van der Waals surface area contributed by atoms with Crippen LogP contribution in [0.25, 0.3) is 11.1 Å². The average Bonchev–Trinajstić information content (AvgIpc) is 2.55. The van der Waals surface area contributed by atoms with Crippen LogP contribution >= 0.6 is 0 Å². The predicted octanol–water partition coefficient (Wildman–Crippen LogP) is 2.83. The molecule has 3 heteroatoms. The molecule has 18 heavy (non-hydrogen) atoms. The summed E-state index contributed by atoms with van der Waals surface area (Å²) < 4.78 is 0. The molecule has 0 aromatic heterocycles. The summed E-state index contributed by atoms with van der Waals surface area (Å²) in [6.07, 6.45) is 0. The van der Waals surface area contributed by atoms with Crippen molar-refractivity contribution in [3.63, 3.8) is 0 Å². The second kappa shape index (κ2) is 4.78. The van der Waals surface area contributed by atoms with Crippen LogP contribution in [-0.4, -0.2) is 5.91 Å². The van der Waals surface area contributed by atoms with Crippen LogP contribution < -0.4 is 11.3 Å². The quantitative estimate of drug-likeness (QED) is 0.483. The third-order valence-corrected chi connectivity index (χ3v) is 3.27. The van der Waals surface area contributed by atoms with Crippen LogP contribution in [0.2, 0.25) is 0 Å². The molecule has 0 saturated carbocycles. The molecule has 2 rings (SSSR count). The van der Waals surface area contributed by atoms with E-state index in [4.69, 9.17) is 5.84 Å². The fourth-order valence-electron chi connectivity index (χ4n) is 2.20. The molecule has 1 amide bonds. The summed E-state index contributed by atoms with van der Waals surface area (Å²) in [6, 6.07) is 10.1. The van der Waals surface area contributed by atoms with Gasteiger partial charge in [-0.3, -0.25) is 10.2 Å². The third-order valence-electron chi connectivity index (χ3n) is 3.27. The van der Waals surface area contributed by atoms with E-state index in [9.17, 15) is 4.79 Å². The number of fused-ring (bicyclic) bond motifs is 1. The third kappa shape index (κ3) is 2.09. The summed E-state index contributed by atoms with van der Waals surface area (Å²) in [5.41, 5.74) is 7.21. The van der Waals surface area contributed by atoms with Gasteiger partial charge >= 0.3 is 0 Å². The van der Waals surface area contributed by atoms with Gasteiger partial charge in [0.2, 0.25) is 0 Å². The standard InChI is InChI=1S/C15H18N2O/c1-9(2)11-5-4-6-12-10(3)7-14(13(12)8-11)15(18)17-16/h4-9H,16H2,1-3H3,(H,17,18). The number of aryl methyl sites for hydroxylation is 1. The van der Waals surface area contributed by atoms with Gasteiger partial charge in [0.25, 0.3) is 5.91 Å². The molecule has 0 aliphatic heterocycles. The minimum atomic E-state index is -0.242. The molecule has 0 aromatic rings. The average molecular weight is 242 g/mol.